The number of aromatic nitrogens is 1. The zero-order valence-electron chi connectivity index (χ0n) is 10.7. The highest BCUT2D eigenvalue weighted by Crippen LogP contribution is 2.20. The summed E-state index contributed by atoms with van der Waals surface area (Å²) < 4.78 is 15.3. The molecule has 0 saturated heterocycles. The van der Waals surface area contributed by atoms with Crippen molar-refractivity contribution in [2.24, 2.45) is 0 Å². The first-order valence-electron chi connectivity index (χ1n) is 6.77. The first-order valence-corrected chi connectivity index (χ1v) is 6.77. The van der Waals surface area contributed by atoms with Gasteiger partial charge in [0.05, 0.1) is 5.52 Å². The van der Waals surface area contributed by atoms with Gasteiger partial charge in [0, 0.05) is 17.6 Å². The number of halogens is 1. The topological polar surface area (TPSA) is 34.0 Å². The van der Waals surface area contributed by atoms with Crippen molar-refractivity contribution in [3.63, 3.8) is 0 Å². The van der Waals surface area contributed by atoms with Gasteiger partial charge in [-0.15, -0.1) is 0 Å². The molecule has 1 aliphatic rings. The first-order chi connectivity index (χ1) is 9.24. The lowest BCUT2D eigenvalue weighted by molar-refractivity contribution is -0.122. The number of hydrogen-bond donors (Lipinski definition) is 1. The Morgan fingerprint density at radius 2 is 2.11 bits per heavy atom. The summed E-state index contributed by atoms with van der Waals surface area (Å²) >= 11 is 0. The van der Waals surface area contributed by atoms with Gasteiger partial charge in [0.15, 0.2) is 0 Å². The summed E-state index contributed by atoms with van der Waals surface area (Å²) in [6.07, 6.45) is 6.31. The van der Waals surface area contributed by atoms with Crippen LogP contribution in [0.25, 0.3) is 10.9 Å². The van der Waals surface area contributed by atoms with Gasteiger partial charge in [0.1, 0.15) is 12.4 Å². The van der Waals surface area contributed by atoms with Gasteiger partial charge in [-0.25, -0.2) is 4.39 Å². The minimum atomic E-state index is -0.243. The maximum absolute atomic E-state index is 13.6. The molecule has 0 unspecified atom stereocenters. The van der Waals surface area contributed by atoms with Crippen molar-refractivity contribution in [3.8, 4) is 0 Å². The maximum atomic E-state index is 13.6. The van der Waals surface area contributed by atoms with Crippen LogP contribution in [0.2, 0.25) is 0 Å². The van der Waals surface area contributed by atoms with E-state index in [1.54, 1.807) is 22.9 Å². The molecule has 19 heavy (non-hydrogen) atoms. The summed E-state index contributed by atoms with van der Waals surface area (Å²) in [5.74, 6) is -0.235. The summed E-state index contributed by atoms with van der Waals surface area (Å²) in [4.78, 5) is 12.0. The molecule has 1 amide bonds. The molecule has 1 fully saturated rings. The third-order valence-electron chi connectivity index (χ3n) is 3.79. The second-order valence-corrected chi connectivity index (χ2v) is 5.17. The molecule has 4 heteroatoms. The molecule has 0 radical (unpaired) electrons. The number of hydrogen-bond acceptors (Lipinski definition) is 1. The number of amides is 1. The van der Waals surface area contributed by atoms with Gasteiger partial charge in [-0.1, -0.05) is 18.9 Å². The smallest absolute Gasteiger partial charge is 0.240 e. The van der Waals surface area contributed by atoms with Gasteiger partial charge in [-0.3, -0.25) is 4.79 Å². The lowest BCUT2D eigenvalue weighted by Crippen LogP contribution is -2.35. The van der Waals surface area contributed by atoms with Crippen LogP contribution in [-0.2, 0) is 11.3 Å². The molecule has 3 nitrogen and oxygen atoms in total. The Hall–Kier alpha value is -1.84. The average molecular weight is 260 g/mol. The number of carbonyl (C=O) groups is 1. The third kappa shape index (κ3) is 2.48. The molecule has 0 aliphatic heterocycles. The van der Waals surface area contributed by atoms with Gasteiger partial charge < -0.3 is 9.88 Å². The summed E-state index contributed by atoms with van der Waals surface area (Å²) in [7, 11) is 0. The second-order valence-electron chi connectivity index (χ2n) is 5.17. The van der Waals surface area contributed by atoms with E-state index in [9.17, 15) is 9.18 Å². The Morgan fingerprint density at radius 1 is 1.32 bits per heavy atom. The fourth-order valence-electron chi connectivity index (χ4n) is 2.82. The average Bonchev–Trinajstić information content (AvgIpc) is 3.01. The highest BCUT2D eigenvalue weighted by Gasteiger charge is 2.17. The Balaban J connectivity index is 1.74. The van der Waals surface area contributed by atoms with Gasteiger partial charge in [0.2, 0.25) is 5.91 Å². The van der Waals surface area contributed by atoms with E-state index in [1.807, 2.05) is 6.07 Å². The van der Waals surface area contributed by atoms with Crippen molar-refractivity contribution < 1.29 is 9.18 Å². The number of carbonyl (C=O) groups excluding carboxylic acids is 1. The van der Waals surface area contributed by atoms with Crippen LogP contribution in [0.4, 0.5) is 4.39 Å². The van der Waals surface area contributed by atoms with Crippen molar-refractivity contribution >= 4 is 16.8 Å². The summed E-state index contributed by atoms with van der Waals surface area (Å²) in [5, 5.41) is 3.61. The summed E-state index contributed by atoms with van der Waals surface area (Å²) in [5.41, 5.74) is 0.765. The predicted octanol–water partition coefficient (Wildman–Crippen LogP) is 2.84. The fraction of sp³-hybridized carbons (Fsp3) is 0.400. The standard InChI is InChI=1S/C15H17FN2O/c16-13-6-3-7-14-12(13)8-9-18(14)10-15(19)17-11-4-1-2-5-11/h3,6-9,11H,1-2,4-5,10H2,(H,17,19). The van der Waals surface area contributed by atoms with Gasteiger partial charge in [-0.2, -0.15) is 0 Å². The predicted molar refractivity (Wildman–Crippen MR) is 72.3 cm³/mol. The highest BCUT2D eigenvalue weighted by molar-refractivity contribution is 5.83. The lowest BCUT2D eigenvalue weighted by atomic mass is 10.2. The largest absolute Gasteiger partial charge is 0.352 e. The quantitative estimate of drug-likeness (QED) is 0.904. The molecule has 2 aromatic rings. The van der Waals surface area contributed by atoms with Crippen molar-refractivity contribution in [1.29, 1.82) is 0 Å². The fourth-order valence-corrected chi connectivity index (χ4v) is 2.82. The van der Waals surface area contributed by atoms with E-state index in [2.05, 4.69) is 5.32 Å². The number of benzene rings is 1. The molecule has 100 valence electrons. The molecular formula is C15H17FN2O. The van der Waals surface area contributed by atoms with E-state index in [-0.39, 0.29) is 18.3 Å². The molecule has 1 heterocycles. The number of nitrogens with zero attached hydrogens (tertiary/aromatic N) is 1. The van der Waals surface area contributed by atoms with Crippen molar-refractivity contribution in [3.05, 3.63) is 36.3 Å². The van der Waals surface area contributed by atoms with Crippen LogP contribution in [0.1, 0.15) is 25.7 Å². The minimum absolute atomic E-state index is 0.00802. The molecule has 1 saturated carbocycles. The number of nitrogens with one attached hydrogen (secondary N) is 1. The zero-order chi connectivity index (χ0) is 13.2. The monoisotopic (exact) mass is 260 g/mol. The van der Waals surface area contributed by atoms with E-state index in [0.717, 1.165) is 18.4 Å². The Kier molecular flexibility index (Phi) is 3.23. The molecular weight excluding hydrogens is 243 g/mol. The minimum Gasteiger partial charge on any atom is -0.352 e. The van der Waals surface area contributed by atoms with Crippen molar-refractivity contribution in [2.45, 2.75) is 38.3 Å². The highest BCUT2D eigenvalue weighted by atomic mass is 19.1. The Morgan fingerprint density at radius 3 is 2.89 bits per heavy atom. The molecule has 0 spiro atoms. The summed E-state index contributed by atoms with van der Waals surface area (Å²) in [6.45, 7) is 0.253. The van der Waals surface area contributed by atoms with Crippen LogP contribution in [0.15, 0.2) is 30.5 Å². The van der Waals surface area contributed by atoms with E-state index >= 15 is 0 Å². The molecule has 0 bridgehead atoms. The SMILES string of the molecule is O=C(Cn1ccc2c(F)cccc21)NC1CCCC1. The van der Waals surface area contributed by atoms with E-state index in [1.165, 1.54) is 18.9 Å². The Bertz CT molecular complexity index is 599. The Labute approximate surface area is 111 Å². The van der Waals surface area contributed by atoms with Crippen LogP contribution < -0.4 is 5.32 Å². The molecule has 1 aliphatic carbocycles. The van der Waals surface area contributed by atoms with E-state index in [4.69, 9.17) is 0 Å². The molecule has 1 aromatic heterocycles. The van der Waals surface area contributed by atoms with E-state index < -0.39 is 0 Å². The maximum Gasteiger partial charge on any atom is 0.240 e. The molecule has 1 N–H and O–H groups in total. The van der Waals surface area contributed by atoms with Crippen LogP contribution in [0.3, 0.4) is 0 Å². The molecule has 0 atom stereocenters. The van der Waals surface area contributed by atoms with Crippen molar-refractivity contribution in [2.75, 3.05) is 0 Å². The molecule has 3 rings (SSSR count). The van der Waals surface area contributed by atoms with Crippen molar-refractivity contribution in [1.82, 2.24) is 9.88 Å². The third-order valence-corrected chi connectivity index (χ3v) is 3.79. The van der Waals surface area contributed by atoms with E-state index in [0.29, 0.717) is 11.4 Å². The van der Waals surface area contributed by atoms with Gasteiger partial charge >= 0.3 is 0 Å². The lowest BCUT2D eigenvalue weighted by Gasteiger charge is -2.12. The van der Waals surface area contributed by atoms with Crippen LogP contribution in [-0.4, -0.2) is 16.5 Å². The van der Waals surface area contributed by atoms with Gasteiger partial charge in [0.25, 0.3) is 0 Å². The second kappa shape index (κ2) is 5.03. The summed E-state index contributed by atoms with van der Waals surface area (Å²) in [6, 6.07) is 6.98. The number of rotatable bonds is 3. The van der Waals surface area contributed by atoms with Gasteiger partial charge in [-0.05, 0) is 31.0 Å². The normalized spacial score (nSPS) is 16.1. The zero-order valence-corrected chi connectivity index (χ0v) is 10.7. The van der Waals surface area contributed by atoms with Crippen LogP contribution in [0.5, 0.6) is 0 Å². The number of fused-ring (bicyclic) bond motifs is 1. The van der Waals surface area contributed by atoms with Crippen LogP contribution >= 0.6 is 0 Å². The van der Waals surface area contributed by atoms with Crippen LogP contribution in [0, 0.1) is 5.82 Å². The first kappa shape index (κ1) is 12.2. The molecule has 1 aromatic carbocycles.